The molecular formula is C8H11NO2. The van der Waals surface area contributed by atoms with Crippen molar-refractivity contribution in [1.29, 1.82) is 0 Å². The summed E-state index contributed by atoms with van der Waals surface area (Å²) in [6.07, 6.45) is 4.56. The van der Waals surface area contributed by atoms with Crippen LogP contribution in [-0.4, -0.2) is 4.92 Å². The van der Waals surface area contributed by atoms with Crippen molar-refractivity contribution in [2.45, 2.75) is 13.8 Å². The van der Waals surface area contributed by atoms with Gasteiger partial charge in [0.15, 0.2) is 0 Å². The first-order chi connectivity index (χ1) is 5.13. The number of rotatable bonds is 3. The second kappa shape index (κ2) is 4.44. The van der Waals surface area contributed by atoms with Gasteiger partial charge in [-0.2, -0.15) is 0 Å². The number of allylic oxidation sites excluding steroid dienone is 4. The van der Waals surface area contributed by atoms with Crippen LogP contribution in [0.5, 0.6) is 0 Å². The molecule has 0 aromatic rings. The molecule has 0 aliphatic rings. The maximum Gasteiger partial charge on any atom is 0.271 e. The lowest BCUT2D eigenvalue weighted by molar-refractivity contribution is -0.419. The largest absolute Gasteiger partial charge is 0.271 e. The van der Waals surface area contributed by atoms with E-state index in [2.05, 4.69) is 6.58 Å². The van der Waals surface area contributed by atoms with E-state index in [-0.39, 0.29) is 5.70 Å². The van der Waals surface area contributed by atoms with Gasteiger partial charge in [0.05, 0.1) is 4.92 Å². The number of hydrogen-bond acceptors (Lipinski definition) is 2. The fourth-order valence-corrected chi connectivity index (χ4v) is 0.599. The molecule has 0 bridgehead atoms. The summed E-state index contributed by atoms with van der Waals surface area (Å²) in [6, 6.07) is 0. The van der Waals surface area contributed by atoms with E-state index in [0.717, 1.165) is 0 Å². The molecule has 0 spiro atoms. The molecule has 0 radical (unpaired) electrons. The molecule has 60 valence electrons. The molecule has 0 aromatic heterocycles. The second-order valence-corrected chi connectivity index (χ2v) is 2.03. The Morgan fingerprint density at radius 2 is 2.18 bits per heavy atom. The molecule has 3 nitrogen and oxygen atoms in total. The molecule has 0 fully saturated rings. The minimum Gasteiger partial charge on any atom is -0.258 e. The van der Waals surface area contributed by atoms with E-state index < -0.39 is 4.92 Å². The SMILES string of the molecule is C=C/C(C)=C(\C=C/C)[N+](=O)[O-]. The molecule has 0 heterocycles. The molecule has 0 unspecified atom stereocenters. The molecule has 0 N–H and O–H groups in total. The standard InChI is InChI=1S/C8H11NO2/c1-4-6-8(9(10)11)7(3)5-2/h4-6H,2H2,1,3H3/b6-4-,8-7+. The van der Waals surface area contributed by atoms with Gasteiger partial charge in [-0.05, 0) is 13.8 Å². The van der Waals surface area contributed by atoms with Crippen LogP contribution in [0.2, 0.25) is 0 Å². The minimum absolute atomic E-state index is 0.0995. The monoisotopic (exact) mass is 153 g/mol. The Bertz CT molecular complexity index is 226. The van der Waals surface area contributed by atoms with Crippen molar-refractivity contribution in [3.63, 3.8) is 0 Å². The highest BCUT2D eigenvalue weighted by molar-refractivity contribution is 5.24. The Labute approximate surface area is 65.9 Å². The molecule has 0 aromatic carbocycles. The first-order valence-electron chi connectivity index (χ1n) is 3.24. The van der Waals surface area contributed by atoms with Gasteiger partial charge in [0.2, 0.25) is 0 Å². The number of hydrogen-bond donors (Lipinski definition) is 0. The highest BCUT2D eigenvalue weighted by atomic mass is 16.6. The third kappa shape index (κ3) is 2.80. The summed E-state index contributed by atoms with van der Waals surface area (Å²) in [5, 5.41) is 10.3. The molecular weight excluding hydrogens is 142 g/mol. The van der Waals surface area contributed by atoms with Gasteiger partial charge in [-0.3, -0.25) is 10.1 Å². The van der Waals surface area contributed by atoms with Crippen LogP contribution >= 0.6 is 0 Å². The average Bonchev–Trinajstić information content (AvgIpc) is 1.98. The summed E-state index contributed by atoms with van der Waals surface area (Å²) >= 11 is 0. The van der Waals surface area contributed by atoms with Crippen LogP contribution in [0.3, 0.4) is 0 Å². The first kappa shape index (κ1) is 9.62. The Balaban J connectivity index is 4.87. The fraction of sp³-hybridized carbons (Fsp3) is 0.250. The second-order valence-electron chi connectivity index (χ2n) is 2.03. The summed E-state index contributed by atoms with van der Waals surface area (Å²) in [5.41, 5.74) is 0.676. The number of nitro groups is 1. The Morgan fingerprint density at radius 3 is 2.45 bits per heavy atom. The van der Waals surface area contributed by atoms with E-state index in [9.17, 15) is 10.1 Å². The molecule has 0 rings (SSSR count). The molecule has 3 heteroatoms. The lowest BCUT2D eigenvalue weighted by Gasteiger charge is -1.92. The van der Waals surface area contributed by atoms with E-state index in [1.54, 1.807) is 19.9 Å². The highest BCUT2D eigenvalue weighted by Crippen LogP contribution is 2.06. The van der Waals surface area contributed by atoms with Crippen LogP contribution in [0.25, 0.3) is 0 Å². The van der Waals surface area contributed by atoms with Crippen molar-refractivity contribution in [3.8, 4) is 0 Å². The van der Waals surface area contributed by atoms with Crippen molar-refractivity contribution in [2.75, 3.05) is 0 Å². The summed E-state index contributed by atoms with van der Waals surface area (Å²) in [5.74, 6) is 0. The van der Waals surface area contributed by atoms with Crippen LogP contribution in [0.1, 0.15) is 13.8 Å². The zero-order chi connectivity index (χ0) is 8.85. The smallest absolute Gasteiger partial charge is 0.258 e. The summed E-state index contributed by atoms with van der Waals surface area (Å²) in [7, 11) is 0. The van der Waals surface area contributed by atoms with Gasteiger partial charge in [0, 0.05) is 11.6 Å². The van der Waals surface area contributed by atoms with Crippen molar-refractivity contribution in [2.24, 2.45) is 0 Å². The maximum absolute atomic E-state index is 10.3. The van der Waals surface area contributed by atoms with Gasteiger partial charge in [0.25, 0.3) is 5.70 Å². The zero-order valence-corrected chi connectivity index (χ0v) is 6.70. The molecule has 0 aliphatic heterocycles. The van der Waals surface area contributed by atoms with Crippen LogP contribution in [-0.2, 0) is 0 Å². The van der Waals surface area contributed by atoms with E-state index in [0.29, 0.717) is 5.57 Å². The van der Waals surface area contributed by atoms with E-state index in [1.165, 1.54) is 12.2 Å². The van der Waals surface area contributed by atoms with Crippen LogP contribution < -0.4 is 0 Å². The Kier molecular flexibility index (Phi) is 3.88. The Morgan fingerprint density at radius 1 is 1.64 bits per heavy atom. The van der Waals surface area contributed by atoms with Crippen LogP contribution in [0, 0.1) is 10.1 Å². The molecule has 0 amide bonds. The molecule has 0 aliphatic carbocycles. The lowest BCUT2D eigenvalue weighted by atomic mass is 10.2. The Hall–Kier alpha value is -1.38. The summed E-state index contributed by atoms with van der Waals surface area (Å²) in [6.45, 7) is 6.84. The van der Waals surface area contributed by atoms with Crippen molar-refractivity contribution >= 4 is 0 Å². The van der Waals surface area contributed by atoms with Crippen molar-refractivity contribution in [1.82, 2.24) is 0 Å². The predicted molar refractivity (Wildman–Crippen MR) is 44.7 cm³/mol. The van der Waals surface area contributed by atoms with Gasteiger partial charge in [0.1, 0.15) is 0 Å². The first-order valence-corrected chi connectivity index (χ1v) is 3.24. The van der Waals surface area contributed by atoms with Crippen LogP contribution in [0.15, 0.2) is 36.1 Å². The summed E-state index contributed by atoms with van der Waals surface area (Å²) < 4.78 is 0. The topological polar surface area (TPSA) is 43.1 Å². The average molecular weight is 153 g/mol. The van der Waals surface area contributed by atoms with Gasteiger partial charge in [-0.25, -0.2) is 0 Å². The number of nitrogens with zero attached hydrogens (tertiary/aromatic N) is 1. The van der Waals surface area contributed by atoms with E-state index in [4.69, 9.17) is 0 Å². The van der Waals surface area contributed by atoms with Gasteiger partial charge < -0.3 is 0 Å². The third-order valence-corrected chi connectivity index (χ3v) is 1.23. The zero-order valence-electron chi connectivity index (χ0n) is 6.70. The minimum atomic E-state index is -0.420. The third-order valence-electron chi connectivity index (χ3n) is 1.23. The molecule has 0 saturated carbocycles. The lowest BCUT2D eigenvalue weighted by Crippen LogP contribution is -1.97. The molecule has 11 heavy (non-hydrogen) atoms. The summed E-state index contributed by atoms with van der Waals surface area (Å²) in [4.78, 5) is 9.92. The predicted octanol–water partition coefficient (Wildman–Crippen LogP) is 2.30. The molecule has 0 atom stereocenters. The maximum atomic E-state index is 10.3. The van der Waals surface area contributed by atoms with Crippen LogP contribution in [0.4, 0.5) is 0 Å². The normalized spacial score (nSPS) is 12.9. The van der Waals surface area contributed by atoms with Crippen molar-refractivity contribution in [3.05, 3.63) is 46.2 Å². The quantitative estimate of drug-likeness (QED) is 0.354. The van der Waals surface area contributed by atoms with Gasteiger partial charge >= 0.3 is 0 Å². The van der Waals surface area contributed by atoms with Gasteiger partial charge in [-0.1, -0.05) is 18.7 Å². The van der Waals surface area contributed by atoms with Gasteiger partial charge in [-0.15, -0.1) is 0 Å². The highest BCUT2D eigenvalue weighted by Gasteiger charge is 2.07. The van der Waals surface area contributed by atoms with E-state index in [1.807, 2.05) is 0 Å². The van der Waals surface area contributed by atoms with Crippen molar-refractivity contribution < 1.29 is 4.92 Å². The molecule has 0 saturated heterocycles. The fourth-order valence-electron chi connectivity index (χ4n) is 0.599. The van der Waals surface area contributed by atoms with E-state index >= 15 is 0 Å².